The lowest BCUT2D eigenvalue weighted by atomic mass is 9.93. The number of rotatable bonds is 5. The second kappa shape index (κ2) is 12.8. The smallest absolute Gasteiger partial charge is 0.0711 e. The SMILES string of the molecule is C1=C(c2ccccc2)\N=C(\c2ccccc2)CC\C=C/1c1cccc2sc3ccc(-c4ccc5c(c4)c4ccccc4n5-c4ccccc4)cc3c12. The molecule has 0 saturated carbocycles. The third kappa shape index (κ3) is 5.30. The van der Waals surface area contributed by atoms with E-state index in [9.17, 15) is 0 Å². The summed E-state index contributed by atoms with van der Waals surface area (Å²) in [5.74, 6) is 0. The molecule has 9 aromatic rings. The number of thiophene rings is 1. The summed E-state index contributed by atoms with van der Waals surface area (Å²) in [6, 6.07) is 61.3. The summed E-state index contributed by atoms with van der Waals surface area (Å²) in [4.78, 5) is 5.34. The summed E-state index contributed by atoms with van der Waals surface area (Å²) in [6.45, 7) is 0. The van der Waals surface area contributed by atoms with Crippen LogP contribution in [0, 0.1) is 0 Å². The number of para-hydroxylation sites is 2. The van der Waals surface area contributed by atoms with E-state index < -0.39 is 0 Å². The Morgan fingerprint density at radius 2 is 1.17 bits per heavy atom. The van der Waals surface area contributed by atoms with Crippen LogP contribution in [0.2, 0.25) is 0 Å². The molecule has 10 rings (SSSR count). The molecule has 0 unspecified atom stereocenters. The lowest BCUT2D eigenvalue weighted by molar-refractivity contribution is 1.09. The topological polar surface area (TPSA) is 17.3 Å². The van der Waals surface area contributed by atoms with Gasteiger partial charge in [0.1, 0.15) is 0 Å². The van der Waals surface area contributed by atoms with E-state index >= 15 is 0 Å². The molecular weight excluding hydrogens is 649 g/mol. The number of fused-ring (bicyclic) bond motifs is 6. The molecule has 2 aromatic heterocycles. The average Bonchev–Trinajstić information content (AvgIpc) is 3.74. The summed E-state index contributed by atoms with van der Waals surface area (Å²) in [5.41, 5.74) is 13.0. The van der Waals surface area contributed by atoms with E-state index in [0.29, 0.717) is 0 Å². The van der Waals surface area contributed by atoms with E-state index in [4.69, 9.17) is 4.99 Å². The van der Waals surface area contributed by atoms with Gasteiger partial charge in [0.15, 0.2) is 0 Å². The largest absolute Gasteiger partial charge is 0.309 e. The summed E-state index contributed by atoms with van der Waals surface area (Å²) >= 11 is 1.87. The zero-order valence-corrected chi connectivity index (χ0v) is 29.4. The normalized spacial score (nSPS) is 16.6. The number of benzene rings is 7. The average molecular weight is 683 g/mol. The minimum absolute atomic E-state index is 0.880. The first-order valence-corrected chi connectivity index (χ1v) is 18.8. The highest BCUT2D eigenvalue weighted by molar-refractivity contribution is 7.25. The summed E-state index contributed by atoms with van der Waals surface area (Å²) in [6.07, 6.45) is 6.52. The van der Waals surface area contributed by atoms with Crippen molar-refractivity contribution in [2.75, 3.05) is 0 Å². The van der Waals surface area contributed by atoms with Gasteiger partial charge in [-0.15, -0.1) is 11.3 Å². The summed E-state index contributed by atoms with van der Waals surface area (Å²) in [7, 11) is 0. The van der Waals surface area contributed by atoms with E-state index in [1.165, 1.54) is 75.5 Å². The van der Waals surface area contributed by atoms with Gasteiger partial charge in [-0.3, -0.25) is 4.99 Å². The number of nitrogens with zero attached hydrogens (tertiary/aromatic N) is 2. The molecule has 2 nitrogen and oxygen atoms in total. The molecule has 0 atom stereocenters. The molecule has 1 aliphatic heterocycles. The monoisotopic (exact) mass is 682 g/mol. The van der Waals surface area contributed by atoms with Crippen LogP contribution in [0.5, 0.6) is 0 Å². The van der Waals surface area contributed by atoms with E-state index in [-0.39, 0.29) is 0 Å². The second-order valence-electron chi connectivity index (χ2n) is 13.4. The van der Waals surface area contributed by atoms with Crippen LogP contribution in [0.1, 0.15) is 29.5 Å². The van der Waals surface area contributed by atoms with Gasteiger partial charge in [0.25, 0.3) is 0 Å². The fourth-order valence-electron chi connectivity index (χ4n) is 7.84. The molecule has 3 heterocycles. The highest BCUT2D eigenvalue weighted by Gasteiger charge is 2.17. The maximum absolute atomic E-state index is 5.34. The molecule has 52 heavy (non-hydrogen) atoms. The van der Waals surface area contributed by atoms with Gasteiger partial charge in [-0.1, -0.05) is 127 Å². The number of hydrogen-bond acceptors (Lipinski definition) is 2. The quantitative estimate of drug-likeness (QED) is 0.172. The Morgan fingerprint density at radius 1 is 0.500 bits per heavy atom. The van der Waals surface area contributed by atoms with Crippen LogP contribution in [0.3, 0.4) is 0 Å². The molecule has 0 bridgehead atoms. The minimum atomic E-state index is 0.880. The maximum atomic E-state index is 5.34. The fourth-order valence-corrected chi connectivity index (χ4v) is 8.96. The first-order chi connectivity index (χ1) is 25.8. The van der Waals surface area contributed by atoms with Crippen LogP contribution >= 0.6 is 11.3 Å². The zero-order valence-electron chi connectivity index (χ0n) is 28.5. The second-order valence-corrected chi connectivity index (χ2v) is 14.5. The molecule has 0 amide bonds. The van der Waals surface area contributed by atoms with Gasteiger partial charge >= 0.3 is 0 Å². The number of aromatic nitrogens is 1. The van der Waals surface area contributed by atoms with Crippen molar-refractivity contribution in [3.63, 3.8) is 0 Å². The molecule has 7 aromatic carbocycles. The Kier molecular flexibility index (Phi) is 7.51. The van der Waals surface area contributed by atoms with Crippen LogP contribution < -0.4 is 0 Å². The third-order valence-electron chi connectivity index (χ3n) is 10.3. The Bertz CT molecular complexity index is 2870. The molecular formula is C49H34N2S. The first-order valence-electron chi connectivity index (χ1n) is 17.9. The predicted molar refractivity (Wildman–Crippen MR) is 224 cm³/mol. The summed E-state index contributed by atoms with van der Waals surface area (Å²) in [5, 5.41) is 5.14. The number of hydrogen-bond donors (Lipinski definition) is 0. The van der Waals surface area contributed by atoms with Crippen molar-refractivity contribution in [2.24, 2.45) is 4.99 Å². The Balaban J connectivity index is 1.12. The number of allylic oxidation sites excluding steroid dienone is 3. The van der Waals surface area contributed by atoms with Crippen LogP contribution in [0.25, 0.3) is 70.1 Å². The van der Waals surface area contributed by atoms with Crippen LogP contribution in [-0.4, -0.2) is 10.3 Å². The van der Waals surface area contributed by atoms with Crippen molar-refractivity contribution in [1.82, 2.24) is 4.57 Å². The van der Waals surface area contributed by atoms with Gasteiger partial charge < -0.3 is 4.57 Å². The third-order valence-corrected chi connectivity index (χ3v) is 11.4. The Hall–Kier alpha value is -6.29. The van der Waals surface area contributed by atoms with Crippen molar-refractivity contribution in [2.45, 2.75) is 12.8 Å². The molecule has 0 spiro atoms. The summed E-state index contributed by atoms with van der Waals surface area (Å²) < 4.78 is 4.98. The van der Waals surface area contributed by atoms with Crippen molar-refractivity contribution in [3.05, 3.63) is 199 Å². The lowest BCUT2D eigenvalue weighted by Crippen LogP contribution is -2.03. The molecule has 0 radical (unpaired) electrons. The van der Waals surface area contributed by atoms with Gasteiger partial charge in [-0.25, -0.2) is 0 Å². The van der Waals surface area contributed by atoms with Gasteiger partial charge in [-0.2, -0.15) is 0 Å². The van der Waals surface area contributed by atoms with Crippen molar-refractivity contribution in [1.29, 1.82) is 0 Å². The highest BCUT2D eigenvalue weighted by atomic mass is 32.1. The van der Waals surface area contributed by atoms with Crippen LogP contribution in [-0.2, 0) is 0 Å². The van der Waals surface area contributed by atoms with Gasteiger partial charge in [0.05, 0.1) is 16.7 Å². The standard InChI is InChI=1S/C49H34N2S/c1-4-14-33(15-5-1)43-23-12-18-37(32-44(50-43)34-16-6-2-7-17-34)39-22-13-25-48-49(39)42-31-36(27-29-47(42)52-48)35-26-28-46-41(30-35)40-21-10-11-24-45(40)51(46)38-19-8-3-9-20-38/h1-11,13-22,24-32H,12,23H2/b37-18+,44-32-,50-43+. The zero-order chi connectivity index (χ0) is 34.4. The fraction of sp³-hybridized carbons (Fsp3) is 0.0408. The van der Waals surface area contributed by atoms with Gasteiger partial charge in [-0.05, 0) is 95.3 Å². The maximum Gasteiger partial charge on any atom is 0.0711 e. The van der Waals surface area contributed by atoms with Crippen molar-refractivity contribution in [3.8, 4) is 16.8 Å². The van der Waals surface area contributed by atoms with E-state index in [1.54, 1.807) is 0 Å². The Morgan fingerprint density at radius 3 is 1.98 bits per heavy atom. The highest BCUT2D eigenvalue weighted by Crippen LogP contribution is 2.42. The van der Waals surface area contributed by atoms with E-state index in [1.807, 2.05) is 11.3 Å². The number of aliphatic imine (C=N–C) groups is 1. The first kappa shape index (κ1) is 30.5. The molecule has 0 N–H and O–H groups in total. The molecule has 3 heteroatoms. The molecule has 0 fully saturated rings. The van der Waals surface area contributed by atoms with Crippen molar-refractivity contribution >= 4 is 70.3 Å². The molecule has 0 aliphatic carbocycles. The van der Waals surface area contributed by atoms with Gasteiger partial charge in [0.2, 0.25) is 0 Å². The van der Waals surface area contributed by atoms with E-state index in [0.717, 1.165) is 29.8 Å². The predicted octanol–water partition coefficient (Wildman–Crippen LogP) is 13.5. The molecule has 1 aliphatic rings. The van der Waals surface area contributed by atoms with Crippen molar-refractivity contribution < 1.29 is 0 Å². The van der Waals surface area contributed by atoms with Gasteiger partial charge in [0, 0.05) is 47.9 Å². The Labute approximate surface area is 307 Å². The minimum Gasteiger partial charge on any atom is -0.309 e. The van der Waals surface area contributed by atoms with Crippen LogP contribution in [0.4, 0.5) is 0 Å². The van der Waals surface area contributed by atoms with Crippen LogP contribution in [0.15, 0.2) is 187 Å². The lowest BCUT2D eigenvalue weighted by Gasteiger charge is -2.15. The molecule has 246 valence electrons. The molecule has 0 saturated heterocycles. The van der Waals surface area contributed by atoms with E-state index in [2.05, 4.69) is 187 Å².